The summed E-state index contributed by atoms with van der Waals surface area (Å²) in [6.45, 7) is 6.64. The molecule has 2 aromatic rings. The largest absolute Gasteiger partial charge is 0.353 e. The van der Waals surface area contributed by atoms with Crippen LogP contribution in [-0.4, -0.2) is 42.0 Å². The number of hydrogen-bond acceptors (Lipinski definition) is 4. The van der Waals surface area contributed by atoms with Crippen LogP contribution in [0.3, 0.4) is 0 Å². The minimum absolute atomic E-state index is 0.0791. The first kappa shape index (κ1) is 16.0. The summed E-state index contributed by atoms with van der Waals surface area (Å²) in [5, 5.41) is 9.16. The second kappa shape index (κ2) is 6.71. The van der Waals surface area contributed by atoms with Crippen LogP contribution in [0.1, 0.15) is 27.2 Å². The van der Waals surface area contributed by atoms with Crippen molar-refractivity contribution in [2.75, 3.05) is 31.1 Å². The molecule has 1 aliphatic heterocycles. The molecule has 122 valence electrons. The molecule has 1 aromatic carbocycles. The van der Waals surface area contributed by atoms with Gasteiger partial charge in [0.05, 0.1) is 11.3 Å². The highest BCUT2D eigenvalue weighted by molar-refractivity contribution is 5.94. The maximum atomic E-state index is 12.5. The summed E-state index contributed by atoms with van der Waals surface area (Å²) < 4.78 is 0. The van der Waals surface area contributed by atoms with Gasteiger partial charge in [0.25, 0.3) is 5.91 Å². The van der Waals surface area contributed by atoms with Gasteiger partial charge in [0.2, 0.25) is 0 Å². The normalized spacial score (nSPS) is 14.4. The van der Waals surface area contributed by atoms with Gasteiger partial charge in [0.1, 0.15) is 11.9 Å². The number of benzene rings is 1. The number of hydrogen-bond donors (Lipinski definition) is 0. The fraction of sp³-hybridized carbons (Fsp3) is 0.316. The first-order valence-electron chi connectivity index (χ1n) is 8.08. The Morgan fingerprint density at radius 1 is 1.12 bits per heavy atom. The van der Waals surface area contributed by atoms with E-state index in [1.54, 1.807) is 0 Å². The van der Waals surface area contributed by atoms with E-state index in [1.807, 2.05) is 55.1 Å². The number of aromatic nitrogens is 1. The van der Waals surface area contributed by atoms with E-state index in [0.717, 1.165) is 35.7 Å². The third kappa shape index (κ3) is 3.09. The van der Waals surface area contributed by atoms with E-state index in [0.29, 0.717) is 18.7 Å². The van der Waals surface area contributed by atoms with Gasteiger partial charge >= 0.3 is 0 Å². The Morgan fingerprint density at radius 3 is 2.38 bits per heavy atom. The molecule has 0 unspecified atom stereocenters. The first-order chi connectivity index (χ1) is 11.6. The smallest absolute Gasteiger partial charge is 0.253 e. The minimum atomic E-state index is 0.0791. The molecule has 0 spiro atoms. The molecule has 1 aromatic heterocycles. The van der Waals surface area contributed by atoms with Crippen molar-refractivity contribution in [3.63, 3.8) is 0 Å². The van der Waals surface area contributed by atoms with Gasteiger partial charge in [-0.2, -0.15) is 5.26 Å². The monoisotopic (exact) mass is 320 g/mol. The number of carbonyl (C=O) groups excluding carboxylic acids is 1. The van der Waals surface area contributed by atoms with Gasteiger partial charge in [0, 0.05) is 31.7 Å². The molecule has 1 amide bonds. The number of nitriles is 1. The highest BCUT2D eigenvalue weighted by Gasteiger charge is 2.23. The summed E-state index contributed by atoms with van der Waals surface area (Å²) in [7, 11) is 0. The minimum Gasteiger partial charge on any atom is -0.353 e. The fourth-order valence-electron chi connectivity index (χ4n) is 3.04. The number of carbonyl (C=O) groups is 1. The van der Waals surface area contributed by atoms with Crippen molar-refractivity contribution in [3.05, 3.63) is 58.8 Å². The lowest BCUT2D eigenvalue weighted by atomic mass is 10.1. The molecule has 24 heavy (non-hydrogen) atoms. The molecule has 5 heteroatoms. The second-order valence-electron chi connectivity index (χ2n) is 6.01. The topological polar surface area (TPSA) is 60.2 Å². The Kier molecular flexibility index (Phi) is 4.48. The fourth-order valence-corrected chi connectivity index (χ4v) is 3.04. The van der Waals surface area contributed by atoms with E-state index in [4.69, 9.17) is 5.26 Å². The zero-order chi connectivity index (χ0) is 17.1. The summed E-state index contributed by atoms with van der Waals surface area (Å²) in [6, 6.07) is 13.5. The van der Waals surface area contributed by atoms with Crippen LogP contribution in [0.5, 0.6) is 0 Å². The van der Waals surface area contributed by atoms with E-state index < -0.39 is 0 Å². The molecule has 1 saturated heterocycles. The van der Waals surface area contributed by atoms with Crippen LogP contribution in [0, 0.1) is 25.2 Å². The molecular formula is C19H20N4O. The molecule has 1 aliphatic rings. The van der Waals surface area contributed by atoms with Crippen LogP contribution in [0.15, 0.2) is 36.4 Å². The zero-order valence-electron chi connectivity index (χ0n) is 14.0. The molecule has 0 radical (unpaired) electrons. The van der Waals surface area contributed by atoms with Crippen molar-refractivity contribution in [3.8, 4) is 6.07 Å². The van der Waals surface area contributed by atoms with Crippen LogP contribution in [0.4, 0.5) is 5.82 Å². The van der Waals surface area contributed by atoms with E-state index in [-0.39, 0.29) is 5.91 Å². The van der Waals surface area contributed by atoms with Crippen molar-refractivity contribution < 1.29 is 4.79 Å². The van der Waals surface area contributed by atoms with Gasteiger partial charge in [0.15, 0.2) is 0 Å². The second-order valence-corrected chi connectivity index (χ2v) is 6.01. The molecule has 0 aliphatic carbocycles. The van der Waals surface area contributed by atoms with Crippen LogP contribution < -0.4 is 4.90 Å². The summed E-state index contributed by atoms with van der Waals surface area (Å²) >= 11 is 0. The highest BCUT2D eigenvalue weighted by atomic mass is 16.2. The molecule has 0 bridgehead atoms. The summed E-state index contributed by atoms with van der Waals surface area (Å²) in [6.07, 6.45) is 0. The Morgan fingerprint density at radius 2 is 1.79 bits per heavy atom. The number of amides is 1. The van der Waals surface area contributed by atoms with Gasteiger partial charge in [-0.1, -0.05) is 18.2 Å². The number of piperazine rings is 1. The molecular weight excluding hydrogens is 300 g/mol. The summed E-state index contributed by atoms with van der Waals surface area (Å²) in [5.41, 5.74) is 3.09. The maximum absolute atomic E-state index is 12.5. The maximum Gasteiger partial charge on any atom is 0.253 e. The number of pyridine rings is 1. The predicted octanol–water partition coefficient (Wildman–Crippen LogP) is 2.53. The number of anilines is 1. The highest BCUT2D eigenvalue weighted by Crippen LogP contribution is 2.20. The van der Waals surface area contributed by atoms with Gasteiger partial charge in [-0.3, -0.25) is 4.79 Å². The number of nitrogens with zero attached hydrogens (tertiary/aromatic N) is 4. The molecule has 0 atom stereocenters. The molecule has 0 saturated carbocycles. The van der Waals surface area contributed by atoms with Gasteiger partial charge < -0.3 is 9.80 Å². The Balaban J connectivity index is 1.70. The Hall–Kier alpha value is -2.87. The average molecular weight is 320 g/mol. The van der Waals surface area contributed by atoms with Gasteiger partial charge in [-0.05, 0) is 37.6 Å². The lowest BCUT2D eigenvalue weighted by molar-refractivity contribution is 0.0746. The van der Waals surface area contributed by atoms with Crippen molar-refractivity contribution in [2.45, 2.75) is 13.8 Å². The first-order valence-corrected chi connectivity index (χ1v) is 8.08. The molecule has 0 N–H and O–H groups in total. The predicted molar refractivity (Wildman–Crippen MR) is 93.0 cm³/mol. The van der Waals surface area contributed by atoms with Crippen LogP contribution >= 0.6 is 0 Å². The van der Waals surface area contributed by atoms with Crippen LogP contribution in [-0.2, 0) is 0 Å². The average Bonchev–Trinajstić information content (AvgIpc) is 2.62. The number of aryl methyl sites for hydroxylation is 2. The SMILES string of the molecule is Cc1cc(N2CCN(C(=O)c3ccccc3)CC2)nc(C)c1C#N. The Labute approximate surface area is 142 Å². The van der Waals surface area contributed by atoms with Crippen LogP contribution in [0.2, 0.25) is 0 Å². The van der Waals surface area contributed by atoms with E-state index >= 15 is 0 Å². The zero-order valence-corrected chi connectivity index (χ0v) is 14.0. The van der Waals surface area contributed by atoms with Crippen LogP contribution in [0.25, 0.3) is 0 Å². The molecule has 3 rings (SSSR count). The Bertz CT molecular complexity index is 764. The summed E-state index contributed by atoms with van der Waals surface area (Å²) in [4.78, 5) is 21.1. The number of rotatable bonds is 2. The summed E-state index contributed by atoms with van der Waals surface area (Å²) in [5.74, 6) is 0.964. The van der Waals surface area contributed by atoms with Crippen molar-refractivity contribution in [1.29, 1.82) is 5.26 Å². The lowest BCUT2D eigenvalue weighted by Crippen LogP contribution is -2.49. The van der Waals surface area contributed by atoms with Crippen molar-refractivity contribution in [2.24, 2.45) is 0 Å². The molecule has 1 fully saturated rings. The van der Waals surface area contributed by atoms with E-state index in [1.165, 1.54) is 0 Å². The lowest BCUT2D eigenvalue weighted by Gasteiger charge is -2.35. The molecule has 5 nitrogen and oxygen atoms in total. The standard InChI is InChI=1S/C19H20N4O/c1-14-12-18(21-15(2)17(14)13-20)22-8-10-23(11-9-22)19(24)16-6-4-3-5-7-16/h3-7,12H,8-11H2,1-2H3. The van der Waals surface area contributed by atoms with Crippen molar-refractivity contribution in [1.82, 2.24) is 9.88 Å². The quantitative estimate of drug-likeness (QED) is 0.853. The van der Waals surface area contributed by atoms with E-state index in [9.17, 15) is 4.79 Å². The van der Waals surface area contributed by atoms with Gasteiger partial charge in [-0.15, -0.1) is 0 Å². The van der Waals surface area contributed by atoms with Crippen molar-refractivity contribution >= 4 is 11.7 Å². The van der Waals surface area contributed by atoms with Gasteiger partial charge in [-0.25, -0.2) is 4.98 Å². The third-order valence-corrected chi connectivity index (χ3v) is 4.41. The molecule has 2 heterocycles. The van der Waals surface area contributed by atoms with E-state index in [2.05, 4.69) is 16.0 Å². The third-order valence-electron chi connectivity index (χ3n) is 4.41.